The molecule has 0 bridgehead atoms. The molecule has 0 spiro atoms. The van der Waals surface area contributed by atoms with Crippen LogP contribution in [-0.2, 0) is 11.2 Å². The van der Waals surface area contributed by atoms with E-state index in [1.54, 1.807) is 33.5 Å². The van der Waals surface area contributed by atoms with Crippen molar-refractivity contribution >= 4 is 50.9 Å². The lowest BCUT2D eigenvalue weighted by Gasteiger charge is -2.14. The molecule has 1 amide bonds. The number of carbonyl (C=O) groups is 1. The Morgan fingerprint density at radius 3 is 2.39 bits per heavy atom. The Morgan fingerprint density at radius 2 is 1.68 bits per heavy atom. The number of benzene rings is 3. The normalized spacial score (nSPS) is 10.7. The van der Waals surface area contributed by atoms with Crippen LogP contribution in [0.2, 0.25) is 0 Å². The van der Waals surface area contributed by atoms with Gasteiger partial charge in [0.05, 0.1) is 33.4 Å². The molecule has 0 atom stereocenters. The van der Waals surface area contributed by atoms with Gasteiger partial charge in [0.25, 0.3) is 0 Å². The van der Waals surface area contributed by atoms with Crippen LogP contribution in [0.5, 0.6) is 17.2 Å². The van der Waals surface area contributed by atoms with E-state index in [9.17, 15) is 4.79 Å². The topological polar surface area (TPSA) is 121 Å². The molecule has 0 aliphatic heterocycles. The van der Waals surface area contributed by atoms with Crippen molar-refractivity contribution in [2.45, 2.75) is 13.3 Å². The Balaban J connectivity index is 1.32. The highest BCUT2D eigenvalue weighted by molar-refractivity contribution is 7.23. The Kier molecular flexibility index (Phi) is 8.37. The monoisotopic (exact) mass is 587 g/mol. The number of aryl methyl sites for hydroxylation is 1. The number of hydrogen-bond donors (Lipinski definition) is 3. The summed E-state index contributed by atoms with van der Waals surface area (Å²) >= 11 is 2.88. The van der Waals surface area contributed by atoms with Crippen molar-refractivity contribution in [3.05, 3.63) is 77.2 Å². The lowest BCUT2D eigenvalue weighted by atomic mass is 10.1. The first-order valence-corrected chi connectivity index (χ1v) is 14.3. The predicted octanol–water partition coefficient (Wildman–Crippen LogP) is 6.77. The highest BCUT2D eigenvalue weighted by Gasteiger charge is 2.18. The van der Waals surface area contributed by atoms with Crippen molar-refractivity contribution in [3.8, 4) is 38.4 Å². The standard InChI is InChI=1S/C30H29N5O4S2/c1-17-8-5-6-9-18(17)13-25(36)32-20-11-7-10-19(12-20)22-16-40-29(34-22)27-28(31)35-30(41-27)33-21-14-23(37-2)26(39-4)24(15-21)38-3/h5-12,14-16H,13,31H2,1-4H3,(H,32,36)(H,33,35). The number of aromatic nitrogens is 2. The largest absolute Gasteiger partial charge is 0.493 e. The number of thiazole rings is 2. The average Bonchev–Trinajstić information content (AvgIpc) is 3.60. The van der Waals surface area contributed by atoms with Crippen LogP contribution >= 0.6 is 22.7 Å². The minimum atomic E-state index is -0.0695. The fraction of sp³-hybridized carbons (Fsp3) is 0.167. The molecule has 0 aliphatic rings. The lowest BCUT2D eigenvalue weighted by Crippen LogP contribution is -2.15. The van der Waals surface area contributed by atoms with Gasteiger partial charge >= 0.3 is 0 Å². The Morgan fingerprint density at radius 1 is 0.927 bits per heavy atom. The van der Waals surface area contributed by atoms with E-state index in [1.807, 2.05) is 60.8 Å². The molecule has 5 aromatic rings. The summed E-state index contributed by atoms with van der Waals surface area (Å²) in [6.07, 6.45) is 0.314. The van der Waals surface area contributed by atoms with E-state index in [0.29, 0.717) is 46.0 Å². The first-order chi connectivity index (χ1) is 19.9. The third-order valence-electron chi connectivity index (χ3n) is 6.32. The van der Waals surface area contributed by atoms with E-state index in [2.05, 4.69) is 15.6 Å². The molecule has 210 valence electrons. The number of anilines is 4. The Hall–Kier alpha value is -4.61. The molecule has 2 aromatic heterocycles. The molecule has 2 heterocycles. The number of amides is 1. The summed E-state index contributed by atoms with van der Waals surface area (Å²) in [5.41, 5.74) is 11.5. The number of rotatable bonds is 10. The van der Waals surface area contributed by atoms with Gasteiger partial charge in [-0.1, -0.05) is 47.7 Å². The molecule has 0 fully saturated rings. The molecule has 5 rings (SSSR count). The zero-order valence-corrected chi connectivity index (χ0v) is 24.6. The molecule has 3 aromatic carbocycles. The molecule has 0 aliphatic carbocycles. The summed E-state index contributed by atoms with van der Waals surface area (Å²) in [5.74, 6) is 1.86. The number of nitrogens with two attached hydrogens (primary N) is 1. The van der Waals surface area contributed by atoms with Gasteiger partial charge in [-0.2, -0.15) is 0 Å². The number of nitrogens with zero attached hydrogens (tertiary/aromatic N) is 2. The Bertz CT molecular complexity index is 1670. The quantitative estimate of drug-likeness (QED) is 0.164. The molecule has 0 saturated carbocycles. The summed E-state index contributed by atoms with van der Waals surface area (Å²) < 4.78 is 16.3. The van der Waals surface area contributed by atoms with Gasteiger partial charge in [0.2, 0.25) is 11.7 Å². The molecule has 11 heteroatoms. The zero-order chi connectivity index (χ0) is 28.9. The number of carbonyl (C=O) groups excluding carboxylic acids is 1. The van der Waals surface area contributed by atoms with Crippen LogP contribution in [0.1, 0.15) is 11.1 Å². The van der Waals surface area contributed by atoms with Crippen LogP contribution in [0.3, 0.4) is 0 Å². The van der Waals surface area contributed by atoms with Gasteiger partial charge < -0.3 is 30.6 Å². The second-order valence-electron chi connectivity index (χ2n) is 9.04. The van der Waals surface area contributed by atoms with Gasteiger partial charge in [0, 0.05) is 34.5 Å². The van der Waals surface area contributed by atoms with Crippen molar-refractivity contribution in [3.63, 3.8) is 0 Å². The van der Waals surface area contributed by atoms with Crippen molar-refractivity contribution in [1.82, 2.24) is 9.97 Å². The fourth-order valence-corrected chi connectivity index (χ4v) is 6.10. The van der Waals surface area contributed by atoms with Crippen LogP contribution in [0, 0.1) is 6.92 Å². The van der Waals surface area contributed by atoms with E-state index in [1.165, 1.54) is 22.7 Å². The molecule has 0 unspecified atom stereocenters. The van der Waals surface area contributed by atoms with Gasteiger partial charge in [-0.15, -0.1) is 11.3 Å². The first-order valence-electron chi connectivity index (χ1n) is 12.6. The number of methoxy groups -OCH3 is 3. The second kappa shape index (κ2) is 12.3. The van der Waals surface area contributed by atoms with Crippen molar-refractivity contribution in [1.29, 1.82) is 0 Å². The van der Waals surface area contributed by atoms with E-state index >= 15 is 0 Å². The third kappa shape index (κ3) is 6.26. The van der Waals surface area contributed by atoms with Crippen molar-refractivity contribution < 1.29 is 19.0 Å². The van der Waals surface area contributed by atoms with Gasteiger partial charge in [-0.25, -0.2) is 9.97 Å². The van der Waals surface area contributed by atoms with Crippen LogP contribution in [0.15, 0.2) is 66.0 Å². The van der Waals surface area contributed by atoms with Crippen LogP contribution in [-0.4, -0.2) is 37.2 Å². The maximum atomic E-state index is 12.7. The van der Waals surface area contributed by atoms with Crippen molar-refractivity contribution in [2.24, 2.45) is 0 Å². The van der Waals surface area contributed by atoms with Crippen LogP contribution < -0.4 is 30.6 Å². The number of nitrogen functional groups attached to an aromatic ring is 1. The number of hydrogen-bond acceptors (Lipinski definition) is 10. The average molecular weight is 588 g/mol. The molecule has 4 N–H and O–H groups in total. The molecule has 0 saturated heterocycles. The van der Waals surface area contributed by atoms with E-state index in [-0.39, 0.29) is 5.91 Å². The summed E-state index contributed by atoms with van der Waals surface area (Å²) in [6.45, 7) is 2.01. The minimum absolute atomic E-state index is 0.0695. The predicted molar refractivity (Wildman–Crippen MR) is 166 cm³/mol. The van der Waals surface area contributed by atoms with Gasteiger partial charge in [-0.05, 0) is 30.2 Å². The van der Waals surface area contributed by atoms with Crippen LogP contribution in [0.4, 0.5) is 22.3 Å². The number of nitrogens with one attached hydrogen (secondary N) is 2. The van der Waals surface area contributed by atoms with Gasteiger partial charge in [-0.3, -0.25) is 4.79 Å². The maximum Gasteiger partial charge on any atom is 0.228 e. The van der Waals surface area contributed by atoms with Crippen molar-refractivity contribution in [2.75, 3.05) is 37.7 Å². The summed E-state index contributed by atoms with van der Waals surface area (Å²) in [7, 11) is 4.69. The van der Waals surface area contributed by atoms with E-state index < -0.39 is 0 Å². The maximum absolute atomic E-state index is 12.7. The highest BCUT2D eigenvalue weighted by atomic mass is 32.1. The summed E-state index contributed by atoms with van der Waals surface area (Å²) in [4.78, 5) is 22.8. The van der Waals surface area contributed by atoms with Gasteiger partial charge in [0.1, 0.15) is 15.7 Å². The van der Waals surface area contributed by atoms with E-state index in [0.717, 1.165) is 32.3 Å². The summed E-state index contributed by atoms with van der Waals surface area (Å²) in [5, 5.41) is 9.59. The molecular formula is C30H29N5O4S2. The zero-order valence-electron chi connectivity index (χ0n) is 23.0. The lowest BCUT2D eigenvalue weighted by molar-refractivity contribution is -0.115. The summed E-state index contributed by atoms with van der Waals surface area (Å²) in [6, 6.07) is 19.1. The minimum Gasteiger partial charge on any atom is -0.493 e. The van der Waals surface area contributed by atoms with E-state index in [4.69, 9.17) is 24.9 Å². The Labute approximate surface area is 246 Å². The first kappa shape index (κ1) is 27.9. The molecule has 0 radical (unpaired) electrons. The number of ether oxygens (including phenoxy) is 3. The fourth-order valence-electron chi connectivity index (χ4n) is 4.27. The molecular weight excluding hydrogens is 558 g/mol. The smallest absolute Gasteiger partial charge is 0.228 e. The van der Waals surface area contributed by atoms with Crippen LogP contribution in [0.25, 0.3) is 21.1 Å². The second-order valence-corrected chi connectivity index (χ2v) is 10.9. The highest BCUT2D eigenvalue weighted by Crippen LogP contribution is 2.43. The van der Waals surface area contributed by atoms with Gasteiger partial charge in [0.15, 0.2) is 16.6 Å². The SMILES string of the molecule is COc1cc(Nc2nc(N)c(-c3nc(-c4cccc(NC(=O)Cc5ccccc5C)c4)cs3)s2)cc(OC)c1OC. The molecule has 41 heavy (non-hydrogen) atoms. The molecule has 9 nitrogen and oxygen atoms in total. The third-order valence-corrected chi connectivity index (χ3v) is 8.30.